The van der Waals surface area contributed by atoms with Crippen molar-refractivity contribution >= 4 is 39.4 Å². The van der Waals surface area contributed by atoms with E-state index in [9.17, 15) is 24.6 Å². The highest BCUT2D eigenvalue weighted by atomic mass is 79.9. The number of halogens is 1. The van der Waals surface area contributed by atoms with E-state index in [1.54, 1.807) is 11.0 Å². The number of amides is 2. The fourth-order valence-corrected chi connectivity index (χ4v) is 7.54. The van der Waals surface area contributed by atoms with Crippen molar-refractivity contribution in [2.45, 2.75) is 69.2 Å². The molecule has 3 saturated heterocycles. The van der Waals surface area contributed by atoms with Gasteiger partial charge < -0.3 is 24.7 Å². The maximum atomic E-state index is 14.6. The van der Waals surface area contributed by atoms with E-state index >= 15 is 0 Å². The van der Waals surface area contributed by atoms with Crippen LogP contribution < -0.4 is 4.90 Å². The van der Waals surface area contributed by atoms with Crippen LogP contribution in [0.1, 0.15) is 37.8 Å². The van der Waals surface area contributed by atoms with Crippen molar-refractivity contribution in [2.75, 3.05) is 18.1 Å². The lowest BCUT2D eigenvalue weighted by atomic mass is 9.70. The number of alkyl halides is 1. The van der Waals surface area contributed by atoms with E-state index in [0.29, 0.717) is 12.8 Å². The van der Waals surface area contributed by atoms with Gasteiger partial charge in [0.2, 0.25) is 5.91 Å². The fourth-order valence-electron chi connectivity index (χ4n) is 6.60. The highest BCUT2D eigenvalue weighted by molar-refractivity contribution is 9.09. The molecule has 3 aliphatic heterocycles. The van der Waals surface area contributed by atoms with Gasteiger partial charge in [0.1, 0.15) is 11.6 Å². The van der Waals surface area contributed by atoms with Crippen LogP contribution in [0, 0.1) is 31.6 Å². The number of aryl methyl sites for hydroxylation is 2. The maximum absolute atomic E-state index is 14.6. The van der Waals surface area contributed by atoms with E-state index < -0.39 is 47.5 Å². The number of hydrogen-bond donors (Lipinski definition) is 2. The van der Waals surface area contributed by atoms with Gasteiger partial charge in [0.05, 0.1) is 30.6 Å². The summed E-state index contributed by atoms with van der Waals surface area (Å²) in [5, 5.41) is 20.5. The Balaban J connectivity index is 1.91. The van der Waals surface area contributed by atoms with E-state index in [1.165, 1.54) is 4.90 Å². The van der Waals surface area contributed by atoms with Crippen molar-refractivity contribution in [3.8, 4) is 0 Å². The molecule has 36 heavy (non-hydrogen) atoms. The first kappa shape index (κ1) is 26.8. The van der Waals surface area contributed by atoms with Gasteiger partial charge in [-0.05, 0) is 37.3 Å². The summed E-state index contributed by atoms with van der Waals surface area (Å²) in [5.41, 5.74) is 1.23. The number of nitrogens with zero attached hydrogens (tertiary/aromatic N) is 2. The molecule has 1 aromatic rings. The molecule has 2 amide bonds. The molecule has 3 fully saturated rings. The Morgan fingerprint density at radius 2 is 2.00 bits per heavy atom. The van der Waals surface area contributed by atoms with Crippen molar-refractivity contribution < 1.29 is 29.3 Å². The zero-order chi connectivity index (χ0) is 26.5. The van der Waals surface area contributed by atoms with Crippen molar-refractivity contribution in [2.24, 2.45) is 17.8 Å². The van der Waals surface area contributed by atoms with Gasteiger partial charge in [0, 0.05) is 17.1 Å². The molecule has 0 aliphatic carbocycles. The Morgan fingerprint density at radius 1 is 1.36 bits per heavy atom. The molecular formula is C27H35BrN2O6. The molecule has 2 bridgehead atoms. The molecule has 0 radical (unpaired) electrons. The number of carboxylic acid groups (broad SMARTS) is 1. The van der Waals surface area contributed by atoms with Crippen LogP contribution >= 0.6 is 15.9 Å². The monoisotopic (exact) mass is 562 g/mol. The first-order valence-corrected chi connectivity index (χ1v) is 13.4. The Morgan fingerprint density at radius 3 is 2.53 bits per heavy atom. The number of ether oxygens (including phenoxy) is 1. The zero-order valence-corrected chi connectivity index (χ0v) is 22.8. The van der Waals surface area contributed by atoms with Gasteiger partial charge in [-0.2, -0.15) is 0 Å². The van der Waals surface area contributed by atoms with Gasteiger partial charge in [-0.1, -0.05) is 60.5 Å². The average Bonchev–Trinajstić information content (AvgIpc) is 3.42. The molecular weight excluding hydrogens is 528 g/mol. The highest BCUT2D eigenvalue weighted by Gasteiger charge is 2.77. The predicted octanol–water partition coefficient (Wildman–Crippen LogP) is 3.06. The lowest BCUT2D eigenvalue weighted by Crippen LogP contribution is -2.60. The quantitative estimate of drug-likeness (QED) is 0.354. The minimum absolute atomic E-state index is 0.113. The number of rotatable bonds is 9. The van der Waals surface area contributed by atoms with Gasteiger partial charge in [0.15, 0.2) is 0 Å². The minimum Gasteiger partial charge on any atom is -0.481 e. The van der Waals surface area contributed by atoms with Crippen LogP contribution in [-0.4, -0.2) is 74.7 Å². The molecule has 3 heterocycles. The molecule has 8 atom stereocenters. The van der Waals surface area contributed by atoms with Gasteiger partial charge >= 0.3 is 5.97 Å². The molecule has 1 spiro atoms. The SMILES string of the molecule is C=CCN(C(=O)C1N([C@@H](CO)[C@@H](C)CC)C(=O)[C@@H]2[C@@H](C(=O)O)[C@@H]3OC12CC3Br)c1c(C)cccc1C. The fraction of sp³-hybridized carbons (Fsp3) is 0.593. The maximum Gasteiger partial charge on any atom is 0.310 e. The van der Waals surface area contributed by atoms with E-state index in [2.05, 4.69) is 22.5 Å². The van der Waals surface area contributed by atoms with Crippen molar-refractivity contribution in [1.82, 2.24) is 4.90 Å². The Hall–Kier alpha value is -2.23. The van der Waals surface area contributed by atoms with Crippen LogP contribution in [-0.2, 0) is 19.1 Å². The lowest BCUT2D eigenvalue weighted by Gasteiger charge is -2.41. The Kier molecular flexibility index (Phi) is 7.38. The third-order valence-corrected chi connectivity index (χ3v) is 9.22. The number of aliphatic carboxylic acids is 1. The second kappa shape index (κ2) is 9.91. The van der Waals surface area contributed by atoms with Crippen LogP contribution in [0.25, 0.3) is 0 Å². The second-order valence-corrected chi connectivity index (χ2v) is 11.5. The molecule has 0 aromatic heterocycles. The number of fused-ring (bicyclic) bond motifs is 1. The molecule has 2 N–H and O–H groups in total. The number of aliphatic hydroxyl groups excluding tert-OH is 1. The summed E-state index contributed by atoms with van der Waals surface area (Å²) in [6.45, 7) is 11.5. The Labute approximate surface area is 220 Å². The smallest absolute Gasteiger partial charge is 0.310 e. The predicted molar refractivity (Wildman–Crippen MR) is 139 cm³/mol. The summed E-state index contributed by atoms with van der Waals surface area (Å²) in [7, 11) is 0. The summed E-state index contributed by atoms with van der Waals surface area (Å²) in [6, 6.07) is 4.05. The summed E-state index contributed by atoms with van der Waals surface area (Å²) < 4.78 is 6.39. The largest absolute Gasteiger partial charge is 0.481 e. The Bertz CT molecular complexity index is 1060. The number of carbonyl (C=O) groups is 3. The number of likely N-dealkylation sites (tertiary alicyclic amines) is 1. The minimum atomic E-state index is -1.30. The van der Waals surface area contributed by atoms with Crippen LogP contribution in [0.2, 0.25) is 0 Å². The van der Waals surface area contributed by atoms with Crippen LogP contribution in [0.4, 0.5) is 5.69 Å². The number of hydrogen-bond acceptors (Lipinski definition) is 5. The summed E-state index contributed by atoms with van der Waals surface area (Å²) in [6.07, 6.45) is 1.93. The number of anilines is 1. The molecule has 1 aromatic carbocycles. The number of aliphatic hydroxyl groups is 1. The van der Waals surface area contributed by atoms with Crippen molar-refractivity contribution in [1.29, 1.82) is 0 Å². The summed E-state index contributed by atoms with van der Waals surface area (Å²) >= 11 is 3.58. The molecule has 8 nitrogen and oxygen atoms in total. The van der Waals surface area contributed by atoms with Gasteiger partial charge in [0.25, 0.3) is 5.91 Å². The van der Waals surface area contributed by atoms with E-state index in [4.69, 9.17) is 4.74 Å². The molecule has 0 saturated carbocycles. The van der Waals surface area contributed by atoms with Gasteiger partial charge in [-0.25, -0.2) is 0 Å². The average molecular weight is 563 g/mol. The van der Waals surface area contributed by atoms with E-state index in [1.807, 2.05) is 45.9 Å². The number of benzene rings is 1. The molecule has 196 valence electrons. The van der Waals surface area contributed by atoms with E-state index in [-0.39, 0.29) is 29.8 Å². The molecule has 9 heteroatoms. The van der Waals surface area contributed by atoms with Gasteiger partial charge in [-0.3, -0.25) is 14.4 Å². The highest BCUT2D eigenvalue weighted by Crippen LogP contribution is 2.60. The zero-order valence-electron chi connectivity index (χ0n) is 21.2. The molecule has 3 aliphatic rings. The van der Waals surface area contributed by atoms with Crippen LogP contribution in [0.15, 0.2) is 30.9 Å². The second-order valence-electron chi connectivity index (χ2n) is 10.4. The molecule has 3 unspecified atom stereocenters. The third-order valence-electron chi connectivity index (χ3n) is 8.38. The topological polar surface area (TPSA) is 107 Å². The van der Waals surface area contributed by atoms with Crippen LogP contribution in [0.3, 0.4) is 0 Å². The standard InChI is InChI=1S/C27H35BrN2O6/c1-6-11-29(21-15(4)9-8-10-16(21)5)25(33)23-27-12-17(28)22(36-27)19(26(34)35)20(27)24(32)30(23)18(13-31)14(3)7-2/h6,8-10,14,17-20,22-23,31H,1,7,11-13H2,2-5H3,(H,34,35)/t14-,17?,18-,19+,20-,22+,23?,27?/m0/s1. The van der Waals surface area contributed by atoms with E-state index in [0.717, 1.165) is 16.8 Å². The van der Waals surface area contributed by atoms with Crippen molar-refractivity contribution in [3.05, 3.63) is 42.0 Å². The molecule has 4 rings (SSSR count). The number of carboxylic acids is 1. The normalized spacial score (nSPS) is 32.3. The van der Waals surface area contributed by atoms with Crippen molar-refractivity contribution in [3.63, 3.8) is 0 Å². The first-order valence-electron chi connectivity index (χ1n) is 12.5. The van der Waals surface area contributed by atoms with Crippen LogP contribution in [0.5, 0.6) is 0 Å². The number of para-hydroxylation sites is 1. The third kappa shape index (κ3) is 3.82. The van der Waals surface area contributed by atoms with Gasteiger partial charge in [-0.15, -0.1) is 6.58 Å². The lowest BCUT2D eigenvalue weighted by molar-refractivity contribution is -0.151. The number of carbonyl (C=O) groups excluding carboxylic acids is 2. The first-order chi connectivity index (χ1) is 17.0. The summed E-state index contributed by atoms with van der Waals surface area (Å²) in [5.74, 6) is -4.07. The summed E-state index contributed by atoms with van der Waals surface area (Å²) in [4.78, 5) is 43.8.